The molecule has 0 aromatic carbocycles. The van der Waals surface area contributed by atoms with Crippen molar-refractivity contribution in [3.8, 4) is 5.88 Å². The summed E-state index contributed by atoms with van der Waals surface area (Å²) in [6.07, 6.45) is -5.05. The molecule has 5 atom stereocenters. The average molecular weight is 331 g/mol. The normalized spacial score (nSPS) is 31.6. The van der Waals surface area contributed by atoms with Crippen LogP contribution in [-0.2, 0) is 11.8 Å². The zero-order valence-corrected chi connectivity index (χ0v) is 12.0. The largest absolute Gasteiger partial charge is 0.494 e. The van der Waals surface area contributed by atoms with Crippen LogP contribution in [0, 0.1) is 0 Å². The quantitative estimate of drug-likeness (QED) is 0.303. The molecule has 11 nitrogen and oxygen atoms in total. The molecule has 1 saturated heterocycles. The van der Waals surface area contributed by atoms with E-state index in [9.17, 15) is 30.0 Å². The lowest BCUT2D eigenvalue weighted by Gasteiger charge is -2.38. The lowest BCUT2D eigenvalue weighted by atomic mass is 9.97. The second-order valence-corrected chi connectivity index (χ2v) is 5.05. The molecule has 0 radical (unpaired) electrons. The van der Waals surface area contributed by atoms with Crippen molar-refractivity contribution in [3.63, 3.8) is 0 Å². The van der Waals surface area contributed by atoms with Gasteiger partial charge in [-0.15, -0.1) is 0 Å². The molecule has 23 heavy (non-hydrogen) atoms. The molecule has 1 aromatic heterocycles. The number of aliphatic imine (C=N–C) groups is 1. The maximum atomic E-state index is 11.7. The third-order valence-corrected chi connectivity index (χ3v) is 3.57. The molecule has 1 aromatic rings. The summed E-state index contributed by atoms with van der Waals surface area (Å²) in [6, 6.07) is -1.36. The smallest absolute Gasteiger partial charge is 0.330 e. The highest BCUT2D eigenvalue weighted by atomic mass is 16.6. The average Bonchev–Trinajstić information content (AvgIpc) is 2.51. The Morgan fingerprint density at radius 2 is 1.96 bits per heavy atom. The molecular weight excluding hydrogens is 314 g/mol. The van der Waals surface area contributed by atoms with E-state index in [4.69, 9.17) is 9.84 Å². The lowest BCUT2D eigenvalue weighted by Crippen LogP contribution is -2.57. The van der Waals surface area contributed by atoms with Crippen molar-refractivity contribution in [2.75, 3.05) is 6.61 Å². The SMILES string of the molecule is Cn1c(O)c(C=N[C@H]2[C@@H](O)[C@H](O)[C@H](CO)O[C@@H]2O)c(=O)[nH]c1=O. The number of aromatic hydroxyl groups is 1. The Hall–Kier alpha value is -2.05. The van der Waals surface area contributed by atoms with E-state index < -0.39 is 54.4 Å². The van der Waals surface area contributed by atoms with E-state index in [2.05, 4.69) is 4.99 Å². The third-order valence-electron chi connectivity index (χ3n) is 3.57. The Kier molecular flexibility index (Phi) is 4.97. The molecule has 2 heterocycles. The first-order valence-electron chi connectivity index (χ1n) is 6.64. The van der Waals surface area contributed by atoms with E-state index in [1.807, 2.05) is 4.98 Å². The summed E-state index contributed by atoms with van der Waals surface area (Å²) in [4.78, 5) is 28.6. The molecule has 0 spiro atoms. The zero-order valence-electron chi connectivity index (χ0n) is 12.0. The molecule has 0 unspecified atom stereocenters. The number of rotatable bonds is 3. The van der Waals surface area contributed by atoms with Crippen LogP contribution in [0.4, 0.5) is 0 Å². The van der Waals surface area contributed by atoms with Gasteiger partial charge in [-0.25, -0.2) is 4.79 Å². The van der Waals surface area contributed by atoms with E-state index in [-0.39, 0.29) is 5.56 Å². The van der Waals surface area contributed by atoms with Crippen LogP contribution in [-0.4, -0.2) is 78.5 Å². The lowest BCUT2D eigenvalue weighted by molar-refractivity contribution is -0.248. The van der Waals surface area contributed by atoms with Gasteiger partial charge in [0.25, 0.3) is 5.56 Å². The number of aromatic nitrogens is 2. The minimum absolute atomic E-state index is 0.370. The molecule has 6 N–H and O–H groups in total. The number of aliphatic hydroxyl groups excluding tert-OH is 4. The van der Waals surface area contributed by atoms with Gasteiger partial charge in [0.15, 0.2) is 6.29 Å². The highest BCUT2D eigenvalue weighted by molar-refractivity contribution is 5.82. The number of nitrogens with one attached hydrogen (secondary N) is 1. The highest BCUT2D eigenvalue weighted by Gasteiger charge is 2.43. The third kappa shape index (κ3) is 3.18. The Balaban J connectivity index is 2.32. The van der Waals surface area contributed by atoms with Crippen molar-refractivity contribution in [2.24, 2.45) is 12.0 Å². The van der Waals surface area contributed by atoms with E-state index in [1.165, 1.54) is 7.05 Å². The van der Waals surface area contributed by atoms with Crippen LogP contribution in [0.1, 0.15) is 5.56 Å². The summed E-state index contributed by atoms with van der Waals surface area (Å²) in [5.74, 6) is -0.656. The molecule has 11 heteroatoms. The molecule has 2 rings (SSSR count). The minimum atomic E-state index is -1.64. The van der Waals surface area contributed by atoms with E-state index >= 15 is 0 Å². The van der Waals surface area contributed by atoms with Crippen LogP contribution in [0.25, 0.3) is 0 Å². The molecule has 1 aliphatic heterocycles. The standard InChI is InChI=1S/C12H17N3O8/c1-15-10(20)4(9(19)14-12(15)22)2-13-6-8(18)7(17)5(3-16)23-11(6)21/h2,5-8,11,16-18,20-21H,3H2,1H3,(H,14,19,22)/t5-,6-,7+,8+,11-/m0/s1. The molecule has 1 fully saturated rings. The number of aromatic amines is 1. The molecule has 0 amide bonds. The number of hydrogen-bond acceptors (Lipinski definition) is 9. The summed E-state index contributed by atoms with van der Waals surface area (Å²) in [5.41, 5.74) is -2.11. The van der Waals surface area contributed by atoms with Gasteiger partial charge in [-0.1, -0.05) is 0 Å². The zero-order chi connectivity index (χ0) is 17.3. The maximum absolute atomic E-state index is 11.7. The summed E-state index contributed by atoms with van der Waals surface area (Å²) < 4.78 is 5.67. The van der Waals surface area contributed by atoms with Crippen molar-refractivity contribution in [2.45, 2.75) is 30.6 Å². The van der Waals surface area contributed by atoms with Gasteiger partial charge >= 0.3 is 5.69 Å². The van der Waals surface area contributed by atoms with Gasteiger partial charge in [-0.2, -0.15) is 0 Å². The fourth-order valence-electron chi connectivity index (χ4n) is 2.15. The second-order valence-electron chi connectivity index (χ2n) is 5.05. The molecule has 0 saturated carbocycles. The van der Waals surface area contributed by atoms with Crippen LogP contribution in [0.2, 0.25) is 0 Å². The molecule has 0 bridgehead atoms. The first-order valence-corrected chi connectivity index (χ1v) is 6.64. The first kappa shape index (κ1) is 17.3. The molecule has 128 valence electrons. The van der Waals surface area contributed by atoms with Crippen molar-refractivity contribution in [1.82, 2.24) is 9.55 Å². The van der Waals surface area contributed by atoms with Gasteiger partial charge in [0.1, 0.15) is 29.9 Å². The van der Waals surface area contributed by atoms with Gasteiger partial charge in [-0.3, -0.25) is 19.3 Å². The van der Waals surface area contributed by atoms with Gasteiger partial charge in [-0.05, 0) is 0 Å². The van der Waals surface area contributed by atoms with Crippen molar-refractivity contribution in [3.05, 3.63) is 26.4 Å². The van der Waals surface area contributed by atoms with Crippen LogP contribution in [0.5, 0.6) is 5.88 Å². The Morgan fingerprint density at radius 3 is 2.57 bits per heavy atom. The predicted molar refractivity (Wildman–Crippen MR) is 75.3 cm³/mol. The summed E-state index contributed by atoms with van der Waals surface area (Å²) in [7, 11) is 1.22. The van der Waals surface area contributed by atoms with E-state index in [0.717, 1.165) is 10.8 Å². The topological polar surface area (TPSA) is 178 Å². The monoisotopic (exact) mass is 331 g/mol. The Morgan fingerprint density at radius 1 is 1.30 bits per heavy atom. The number of hydrogen-bond donors (Lipinski definition) is 6. The Labute approximate surface area is 128 Å². The fourth-order valence-corrected chi connectivity index (χ4v) is 2.15. The van der Waals surface area contributed by atoms with Crippen LogP contribution < -0.4 is 11.2 Å². The predicted octanol–water partition coefficient (Wildman–Crippen LogP) is -4.00. The number of nitrogens with zero attached hydrogens (tertiary/aromatic N) is 2. The minimum Gasteiger partial charge on any atom is -0.494 e. The first-order chi connectivity index (χ1) is 10.8. The van der Waals surface area contributed by atoms with Crippen molar-refractivity contribution >= 4 is 6.21 Å². The van der Waals surface area contributed by atoms with Gasteiger partial charge < -0.3 is 30.3 Å². The van der Waals surface area contributed by atoms with Crippen LogP contribution in [0.15, 0.2) is 14.6 Å². The van der Waals surface area contributed by atoms with Crippen molar-refractivity contribution < 1.29 is 30.3 Å². The summed E-state index contributed by atoms with van der Waals surface area (Å²) in [5, 5.41) is 48.1. The summed E-state index contributed by atoms with van der Waals surface area (Å²) in [6.45, 7) is -0.618. The Bertz CT molecular complexity index is 711. The van der Waals surface area contributed by atoms with E-state index in [1.54, 1.807) is 0 Å². The fraction of sp³-hybridized carbons (Fsp3) is 0.583. The number of H-pyrrole nitrogens is 1. The van der Waals surface area contributed by atoms with Gasteiger partial charge in [0, 0.05) is 13.3 Å². The molecule has 0 aliphatic carbocycles. The number of ether oxygens (including phenoxy) is 1. The second kappa shape index (κ2) is 6.60. The summed E-state index contributed by atoms with van der Waals surface area (Å²) >= 11 is 0. The van der Waals surface area contributed by atoms with E-state index in [0.29, 0.717) is 0 Å². The van der Waals surface area contributed by atoms with Gasteiger partial charge in [0.2, 0.25) is 5.88 Å². The van der Waals surface area contributed by atoms with Gasteiger partial charge in [0.05, 0.1) is 6.61 Å². The maximum Gasteiger partial charge on any atom is 0.330 e. The molecule has 1 aliphatic rings. The number of aliphatic hydroxyl groups is 4. The molecular formula is C12H17N3O8. The van der Waals surface area contributed by atoms with Crippen LogP contribution in [0.3, 0.4) is 0 Å². The highest BCUT2D eigenvalue weighted by Crippen LogP contribution is 2.22. The van der Waals surface area contributed by atoms with Crippen molar-refractivity contribution in [1.29, 1.82) is 0 Å². The van der Waals surface area contributed by atoms with Crippen LogP contribution >= 0.6 is 0 Å².